The largest absolute Gasteiger partial charge is 0.466 e. The number of carbonyl (C=O) groups is 2. The molecule has 1 atom stereocenters. The van der Waals surface area contributed by atoms with E-state index in [2.05, 4.69) is 5.10 Å². The number of aryl methyl sites for hydroxylation is 1. The van der Waals surface area contributed by atoms with Crippen molar-refractivity contribution in [2.24, 2.45) is 7.05 Å². The molecule has 1 aliphatic heterocycles. The number of piperidine rings is 1. The topological polar surface area (TPSA) is 86.4 Å². The third-order valence-corrected chi connectivity index (χ3v) is 4.95. The molecular weight excluding hydrogens is 360 g/mol. The molecule has 28 heavy (non-hydrogen) atoms. The highest BCUT2D eigenvalue weighted by molar-refractivity contribution is 5.81. The Morgan fingerprint density at radius 3 is 2.68 bits per heavy atom. The Labute approximate surface area is 163 Å². The molecule has 8 heteroatoms. The predicted molar refractivity (Wildman–Crippen MR) is 103 cm³/mol. The second-order valence-corrected chi connectivity index (χ2v) is 6.92. The van der Waals surface area contributed by atoms with Gasteiger partial charge in [-0.3, -0.25) is 9.59 Å². The van der Waals surface area contributed by atoms with Gasteiger partial charge in [0.1, 0.15) is 5.82 Å². The van der Waals surface area contributed by atoms with Crippen LogP contribution in [-0.2, 0) is 21.4 Å². The van der Waals surface area contributed by atoms with Crippen LogP contribution in [-0.4, -0.2) is 50.8 Å². The highest BCUT2D eigenvalue weighted by atomic mass is 16.5. The molecular formula is C20H26N4O4. The van der Waals surface area contributed by atoms with E-state index in [9.17, 15) is 14.4 Å². The molecule has 1 amide bonds. The summed E-state index contributed by atoms with van der Waals surface area (Å²) in [5.41, 5.74) is 0.563. The number of para-hydroxylation sites is 1. The summed E-state index contributed by atoms with van der Waals surface area (Å²) in [6.45, 7) is 3.20. The van der Waals surface area contributed by atoms with E-state index in [1.54, 1.807) is 23.4 Å². The van der Waals surface area contributed by atoms with Gasteiger partial charge in [0, 0.05) is 32.5 Å². The average molecular weight is 386 g/mol. The molecule has 1 aliphatic rings. The van der Waals surface area contributed by atoms with Crippen LogP contribution in [0.1, 0.15) is 44.3 Å². The van der Waals surface area contributed by atoms with Crippen molar-refractivity contribution in [3.05, 3.63) is 46.6 Å². The molecule has 0 N–H and O–H groups in total. The molecule has 0 radical (unpaired) electrons. The van der Waals surface area contributed by atoms with Crippen LogP contribution in [0.15, 0.2) is 35.1 Å². The lowest BCUT2D eigenvalue weighted by Crippen LogP contribution is -2.40. The van der Waals surface area contributed by atoms with Gasteiger partial charge in [-0.05, 0) is 31.9 Å². The van der Waals surface area contributed by atoms with Crippen molar-refractivity contribution in [2.75, 3.05) is 19.7 Å². The van der Waals surface area contributed by atoms with Crippen molar-refractivity contribution in [2.45, 2.75) is 38.5 Å². The minimum absolute atomic E-state index is 0.0330. The summed E-state index contributed by atoms with van der Waals surface area (Å²) in [7, 11) is 1.64. The molecule has 150 valence electrons. The van der Waals surface area contributed by atoms with E-state index in [-0.39, 0.29) is 36.3 Å². The molecule has 1 fully saturated rings. The van der Waals surface area contributed by atoms with Gasteiger partial charge in [-0.25, -0.2) is 14.0 Å². The van der Waals surface area contributed by atoms with Gasteiger partial charge < -0.3 is 9.64 Å². The summed E-state index contributed by atoms with van der Waals surface area (Å²) in [6.07, 6.45) is 1.91. The highest BCUT2D eigenvalue weighted by Gasteiger charge is 2.29. The van der Waals surface area contributed by atoms with Gasteiger partial charge in [-0.1, -0.05) is 18.2 Å². The van der Waals surface area contributed by atoms with Gasteiger partial charge in [-0.2, -0.15) is 5.10 Å². The number of amides is 1. The third kappa shape index (κ3) is 4.32. The first kappa shape index (κ1) is 19.9. The molecule has 8 nitrogen and oxygen atoms in total. The molecule has 1 saturated heterocycles. The van der Waals surface area contributed by atoms with E-state index in [0.29, 0.717) is 25.5 Å². The number of nitrogens with zero attached hydrogens (tertiary/aromatic N) is 4. The van der Waals surface area contributed by atoms with E-state index < -0.39 is 0 Å². The minimum Gasteiger partial charge on any atom is -0.466 e. The summed E-state index contributed by atoms with van der Waals surface area (Å²) < 4.78 is 7.85. The summed E-state index contributed by atoms with van der Waals surface area (Å²) in [6, 6.07) is 9.40. The van der Waals surface area contributed by atoms with Crippen LogP contribution in [0.25, 0.3) is 5.69 Å². The molecule has 0 bridgehead atoms. The van der Waals surface area contributed by atoms with Crippen LogP contribution < -0.4 is 5.69 Å². The van der Waals surface area contributed by atoms with E-state index in [0.717, 1.165) is 18.5 Å². The Morgan fingerprint density at radius 2 is 1.96 bits per heavy atom. The van der Waals surface area contributed by atoms with Gasteiger partial charge in [0.25, 0.3) is 0 Å². The second-order valence-electron chi connectivity index (χ2n) is 6.92. The fraction of sp³-hybridized carbons (Fsp3) is 0.500. The lowest BCUT2D eigenvalue weighted by Gasteiger charge is -2.32. The number of benzene rings is 1. The van der Waals surface area contributed by atoms with Crippen molar-refractivity contribution >= 4 is 11.9 Å². The molecule has 0 spiro atoms. The first-order chi connectivity index (χ1) is 13.5. The van der Waals surface area contributed by atoms with Gasteiger partial charge >= 0.3 is 11.7 Å². The zero-order valence-electron chi connectivity index (χ0n) is 16.3. The number of esters is 1. The molecule has 1 aromatic carbocycles. The summed E-state index contributed by atoms with van der Waals surface area (Å²) in [4.78, 5) is 38.4. The fourth-order valence-electron chi connectivity index (χ4n) is 3.58. The normalized spacial score (nSPS) is 16.8. The first-order valence-electron chi connectivity index (χ1n) is 9.66. The Bertz CT molecular complexity index is 887. The number of carbonyl (C=O) groups excluding carboxylic acids is 2. The maximum absolute atomic E-state index is 12.6. The predicted octanol–water partition coefficient (Wildman–Crippen LogP) is 1.62. The summed E-state index contributed by atoms with van der Waals surface area (Å²) >= 11 is 0. The molecule has 1 aromatic heterocycles. The van der Waals surface area contributed by atoms with E-state index in [1.165, 1.54) is 4.68 Å². The first-order valence-corrected chi connectivity index (χ1v) is 9.66. The summed E-state index contributed by atoms with van der Waals surface area (Å²) in [5, 5.41) is 4.46. The van der Waals surface area contributed by atoms with Crippen molar-refractivity contribution in [3.63, 3.8) is 0 Å². The molecule has 0 aliphatic carbocycles. The molecule has 2 heterocycles. The van der Waals surface area contributed by atoms with Crippen LogP contribution >= 0.6 is 0 Å². The number of likely N-dealkylation sites (tertiary alicyclic amines) is 1. The summed E-state index contributed by atoms with van der Waals surface area (Å²) in [5.74, 6) is 0.213. The van der Waals surface area contributed by atoms with E-state index >= 15 is 0 Å². The van der Waals surface area contributed by atoms with Crippen LogP contribution in [0.2, 0.25) is 0 Å². The smallest absolute Gasteiger partial charge is 0.350 e. The van der Waals surface area contributed by atoms with Crippen LogP contribution in [0, 0.1) is 0 Å². The Hall–Kier alpha value is -2.90. The highest BCUT2D eigenvalue weighted by Crippen LogP contribution is 2.27. The Morgan fingerprint density at radius 1 is 1.21 bits per heavy atom. The number of rotatable bonds is 6. The monoisotopic (exact) mass is 386 g/mol. The fourth-order valence-corrected chi connectivity index (χ4v) is 3.58. The van der Waals surface area contributed by atoms with E-state index in [4.69, 9.17) is 4.74 Å². The van der Waals surface area contributed by atoms with Crippen molar-refractivity contribution in [1.29, 1.82) is 0 Å². The maximum atomic E-state index is 12.6. The van der Waals surface area contributed by atoms with Crippen molar-refractivity contribution < 1.29 is 14.3 Å². The standard InChI is InChI=1S/C20H26N4O4/c1-3-28-18(26)12-11-17(25)23-13-7-8-15(14-23)19-21-22(2)20(27)24(19)16-9-5-4-6-10-16/h4-6,9-10,15H,3,7-8,11-14H2,1-2H3/t15-/m1/s1. The van der Waals surface area contributed by atoms with Crippen molar-refractivity contribution in [3.8, 4) is 5.69 Å². The zero-order valence-corrected chi connectivity index (χ0v) is 16.3. The molecule has 2 aromatic rings. The average Bonchev–Trinajstić information content (AvgIpc) is 3.02. The van der Waals surface area contributed by atoms with E-state index in [1.807, 2.05) is 30.3 Å². The van der Waals surface area contributed by atoms with Gasteiger partial charge in [-0.15, -0.1) is 0 Å². The Balaban J connectivity index is 1.76. The van der Waals surface area contributed by atoms with Gasteiger partial charge in [0.15, 0.2) is 0 Å². The lowest BCUT2D eigenvalue weighted by molar-refractivity contribution is -0.146. The lowest BCUT2D eigenvalue weighted by atomic mass is 9.96. The SMILES string of the molecule is CCOC(=O)CCC(=O)N1CCC[C@@H](c2nn(C)c(=O)n2-c2ccccc2)C1. The number of aromatic nitrogens is 3. The second kappa shape index (κ2) is 8.86. The van der Waals surface area contributed by atoms with Crippen molar-refractivity contribution in [1.82, 2.24) is 19.2 Å². The molecule has 0 unspecified atom stereocenters. The number of ether oxygens (including phenoxy) is 1. The van der Waals surface area contributed by atoms with Crippen LogP contribution in [0.3, 0.4) is 0 Å². The quantitative estimate of drug-likeness (QED) is 0.704. The molecule has 3 rings (SSSR count). The van der Waals surface area contributed by atoms with Gasteiger partial charge in [0.05, 0.1) is 18.7 Å². The van der Waals surface area contributed by atoms with Crippen LogP contribution in [0.5, 0.6) is 0 Å². The minimum atomic E-state index is -0.355. The van der Waals surface area contributed by atoms with Gasteiger partial charge in [0.2, 0.25) is 5.91 Å². The van der Waals surface area contributed by atoms with Crippen LogP contribution in [0.4, 0.5) is 0 Å². The number of hydrogen-bond donors (Lipinski definition) is 0. The third-order valence-electron chi connectivity index (χ3n) is 4.95. The Kier molecular flexibility index (Phi) is 6.28. The molecule has 0 saturated carbocycles. The maximum Gasteiger partial charge on any atom is 0.350 e. The number of hydrogen-bond acceptors (Lipinski definition) is 5. The zero-order chi connectivity index (χ0) is 20.1.